The summed E-state index contributed by atoms with van der Waals surface area (Å²) >= 11 is 0. The zero-order chi connectivity index (χ0) is 11.5. The van der Waals surface area contributed by atoms with Crippen molar-refractivity contribution in [3.63, 3.8) is 0 Å². The van der Waals surface area contributed by atoms with Crippen LogP contribution in [-0.4, -0.2) is 44.9 Å². The standard InChI is InChI=1S/C10H22N2O3/c1-3-5-14-6-7-15-8-9(10(11)13)12-4-2/h9,12H,3-8H2,1-2H3,(H2,11,13). The summed E-state index contributed by atoms with van der Waals surface area (Å²) in [5.41, 5.74) is 5.17. The van der Waals surface area contributed by atoms with Crippen LogP contribution in [0.5, 0.6) is 0 Å². The van der Waals surface area contributed by atoms with Gasteiger partial charge in [-0.2, -0.15) is 0 Å². The van der Waals surface area contributed by atoms with Crippen molar-refractivity contribution < 1.29 is 14.3 Å². The smallest absolute Gasteiger partial charge is 0.236 e. The lowest BCUT2D eigenvalue weighted by Gasteiger charge is -2.14. The van der Waals surface area contributed by atoms with Crippen LogP contribution in [0.3, 0.4) is 0 Å². The van der Waals surface area contributed by atoms with Gasteiger partial charge in [-0.05, 0) is 13.0 Å². The van der Waals surface area contributed by atoms with E-state index in [2.05, 4.69) is 12.2 Å². The fourth-order valence-corrected chi connectivity index (χ4v) is 1.05. The average molecular weight is 218 g/mol. The van der Waals surface area contributed by atoms with E-state index in [0.717, 1.165) is 13.0 Å². The Morgan fingerprint density at radius 1 is 1.27 bits per heavy atom. The zero-order valence-electron chi connectivity index (χ0n) is 9.62. The maximum atomic E-state index is 10.9. The van der Waals surface area contributed by atoms with Crippen molar-refractivity contribution in [3.8, 4) is 0 Å². The molecule has 15 heavy (non-hydrogen) atoms. The van der Waals surface area contributed by atoms with E-state index < -0.39 is 6.04 Å². The third-order valence-electron chi connectivity index (χ3n) is 1.80. The third-order valence-corrected chi connectivity index (χ3v) is 1.80. The first-order valence-corrected chi connectivity index (χ1v) is 5.40. The molecule has 5 heteroatoms. The van der Waals surface area contributed by atoms with Crippen molar-refractivity contribution in [2.24, 2.45) is 5.73 Å². The first kappa shape index (κ1) is 14.3. The lowest BCUT2D eigenvalue weighted by molar-refractivity contribution is -0.121. The number of amides is 1. The number of nitrogens with two attached hydrogens (primary N) is 1. The van der Waals surface area contributed by atoms with Gasteiger partial charge in [-0.1, -0.05) is 13.8 Å². The number of hydrogen-bond acceptors (Lipinski definition) is 4. The van der Waals surface area contributed by atoms with Gasteiger partial charge < -0.3 is 20.5 Å². The van der Waals surface area contributed by atoms with Crippen molar-refractivity contribution in [1.82, 2.24) is 5.32 Å². The molecule has 0 rings (SSSR count). The molecule has 0 bridgehead atoms. The third kappa shape index (κ3) is 8.35. The summed E-state index contributed by atoms with van der Waals surface area (Å²) in [5, 5.41) is 2.94. The van der Waals surface area contributed by atoms with Gasteiger partial charge in [0.1, 0.15) is 6.04 Å². The molecule has 0 aromatic rings. The summed E-state index contributed by atoms with van der Waals surface area (Å²) in [6.07, 6.45) is 1.00. The van der Waals surface area contributed by atoms with Gasteiger partial charge in [-0.15, -0.1) is 0 Å². The highest BCUT2D eigenvalue weighted by molar-refractivity contribution is 5.79. The fourth-order valence-electron chi connectivity index (χ4n) is 1.05. The molecule has 0 heterocycles. The monoisotopic (exact) mass is 218 g/mol. The predicted octanol–water partition coefficient (Wildman–Crippen LogP) is -0.107. The molecule has 90 valence electrons. The Morgan fingerprint density at radius 3 is 2.47 bits per heavy atom. The molecule has 0 fully saturated rings. The number of likely N-dealkylation sites (N-methyl/N-ethyl adjacent to an activating group) is 1. The molecule has 0 aromatic carbocycles. The summed E-state index contributed by atoms with van der Waals surface area (Å²) in [4.78, 5) is 10.9. The summed E-state index contributed by atoms with van der Waals surface area (Å²) in [6, 6.07) is -0.402. The van der Waals surface area contributed by atoms with Gasteiger partial charge in [0.2, 0.25) is 5.91 Å². The van der Waals surface area contributed by atoms with E-state index in [4.69, 9.17) is 15.2 Å². The topological polar surface area (TPSA) is 73.6 Å². The molecule has 0 aromatic heterocycles. The van der Waals surface area contributed by atoms with Crippen LogP contribution in [0.15, 0.2) is 0 Å². The fraction of sp³-hybridized carbons (Fsp3) is 0.900. The van der Waals surface area contributed by atoms with E-state index in [0.29, 0.717) is 26.4 Å². The summed E-state index contributed by atoms with van der Waals surface area (Å²) in [5.74, 6) is -0.383. The lowest BCUT2D eigenvalue weighted by Crippen LogP contribution is -2.44. The average Bonchev–Trinajstić information content (AvgIpc) is 2.21. The van der Waals surface area contributed by atoms with Gasteiger partial charge in [-0.3, -0.25) is 4.79 Å². The predicted molar refractivity (Wildman–Crippen MR) is 58.6 cm³/mol. The number of hydrogen-bond donors (Lipinski definition) is 2. The van der Waals surface area contributed by atoms with Gasteiger partial charge in [0, 0.05) is 6.61 Å². The van der Waals surface area contributed by atoms with E-state index in [1.165, 1.54) is 0 Å². The molecule has 0 spiro atoms. The number of primary amides is 1. The minimum absolute atomic E-state index is 0.304. The molecule has 0 saturated heterocycles. The van der Waals surface area contributed by atoms with Crippen LogP contribution in [0.4, 0.5) is 0 Å². The molecule has 0 aliphatic rings. The normalized spacial score (nSPS) is 12.7. The molecular weight excluding hydrogens is 196 g/mol. The molecule has 0 aliphatic heterocycles. The summed E-state index contributed by atoms with van der Waals surface area (Å²) in [7, 11) is 0. The highest BCUT2D eigenvalue weighted by Crippen LogP contribution is 1.87. The highest BCUT2D eigenvalue weighted by atomic mass is 16.5. The van der Waals surface area contributed by atoms with E-state index in [9.17, 15) is 4.79 Å². The van der Waals surface area contributed by atoms with Crippen LogP contribution >= 0.6 is 0 Å². The Labute approximate surface area is 91.3 Å². The SMILES string of the molecule is CCCOCCOCC(NCC)C(N)=O. The maximum Gasteiger partial charge on any atom is 0.236 e. The Hall–Kier alpha value is -0.650. The van der Waals surface area contributed by atoms with Crippen LogP contribution in [-0.2, 0) is 14.3 Å². The molecule has 0 radical (unpaired) electrons. The largest absolute Gasteiger partial charge is 0.379 e. The molecule has 1 atom stereocenters. The number of carbonyl (C=O) groups is 1. The van der Waals surface area contributed by atoms with Crippen molar-refractivity contribution in [3.05, 3.63) is 0 Å². The van der Waals surface area contributed by atoms with Crippen LogP contribution in [0, 0.1) is 0 Å². The molecule has 0 saturated carbocycles. The Morgan fingerprint density at radius 2 is 1.93 bits per heavy atom. The van der Waals surface area contributed by atoms with Crippen molar-refractivity contribution in [2.45, 2.75) is 26.3 Å². The molecular formula is C10H22N2O3. The second-order valence-electron chi connectivity index (χ2n) is 3.20. The maximum absolute atomic E-state index is 10.9. The first-order valence-electron chi connectivity index (χ1n) is 5.40. The Balaban J connectivity index is 3.41. The van der Waals surface area contributed by atoms with E-state index in [1.54, 1.807) is 0 Å². The summed E-state index contributed by atoms with van der Waals surface area (Å²) in [6.45, 7) is 6.77. The second-order valence-corrected chi connectivity index (χ2v) is 3.20. The van der Waals surface area contributed by atoms with Crippen molar-refractivity contribution >= 4 is 5.91 Å². The number of nitrogens with one attached hydrogen (secondary N) is 1. The van der Waals surface area contributed by atoms with E-state index in [-0.39, 0.29) is 5.91 Å². The summed E-state index contributed by atoms with van der Waals surface area (Å²) < 4.78 is 10.5. The number of ether oxygens (including phenoxy) is 2. The molecule has 1 unspecified atom stereocenters. The van der Waals surface area contributed by atoms with E-state index >= 15 is 0 Å². The Bertz CT molecular complexity index is 165. The molecule has 1 amide bonds. The van der Waals surface area contributed by atoms with Crippen LogP contribution in [0.25, 0.3) is 0 Å². The second kappa shape index (κ2) is 9.89. The van der Waals surface area contributed by atoms with E-state index in [1.807, 2.05) is 6.92 Å². The van der Waals surface area contributed by atoms with Gasteiger partial charge in [0.25, 0.3) is 0 Å². The quantitative estimate of drug-likeness (QED) is 0.502. The van der Waals surface area contributed by atoms with Crippen molar-refractivity contribution in [1.29, 1.82) is 0 Å². The Kier molecular flexibility index (Phi) is 9.46. The zero-order valence-corrected chi connectivity index (χ0v) is 9.62. The van der Waals surface area contributed by atoms with Crippen LogP contribution < -0.4 is 11.1 Å². The van der Waals surface area contributed by atoms with Crippen LogP contribution in [0.1, 0.15) is 20.3 Å². The van der Waals surface area contributed by atoms with Crippen molar-refractivity contribution in [2.75, 3.05) is 33.0 Å². The van der Waals surface area contributed by atoms with Gasteiger partial charge in [0.05, 0.1) is 19.8 Å². The van der Waals surface area contributed by atoms with Gasteiger partial charge in [0.15, 0.2) is 0 Å². The van der Waals surface area contributed by atoms with Crippen LogP contribution in [0.2, 0.25) is 0 Å². The minimum atomic E-state index is -0.402. The number of carbonyl (C=O) groups excluding carboxylic acids is 1. The molecule has 3 N–H and O–H groups in total. The minimum Gasteiger partial charge on any atom is -0.379 e. The first-order chi connectivity index (χ1) is 7.22. The lowest BCUT2D eigenvalue weighted by atomic mass is 10.3. The molecule has 0 aliphatic carbocycles. The number of rotatable bonds is 10. The molecule has 5 nitrogen and oxygen atoms in total. The van der Waals surface area contributed by atoms with Gasteiger partial charge in [-0.25, -0.2) is 0 Å². The highest BCUT2D eigenvalue weighted by Gasteiger charge is 2.12. The van der Waals surface area contributed by atoms with Gasteiger partial charge >= 0.3 is 0 Å².